The third kappa shape index (κ3) is 3.39. The molecule has 0 spiro atoms. The highest BCUT2D eigenvalue weighted by atomic mass is 35.5. The summed E-state index contributed by atoms with van der Waals surface area (Å²) in [6.07, 6.45) is 0. The lowest BCUT2D eigenvalue weighted by Crippen LogP contribution is -2.22. The first-order valence-corrected chi connectivity index (χ1v) is 9.91. The van der Waals surface area contributed by atoms with Crippen LogP contribution in [0.25, 0.3) is 20.4 Å². The van der Waals surface area contributed by atoms with Crippen molar-refractivity contribution in [1.29, 1.82) is 0 Å². The molecule has 0 aliphatic heterocycles. The van der Waals surface area contributed by atoms with Crippen molar-refractivity contribution >= 4 is 66.6 Å². The van der Waals surface area contributed by atoms with Gasteiger partial charge in [0.2, 0.25) is 0 Å². The molecule has 0 N–H and O–H groups in total. The molecule has 0 aliphatic rings. The minimum atomic E-state index is -0.449. The molecule has 0 radical (unpaired) electrons. The van der Waals surface area contributed by atoms with Crippen molar-refractivity contribution < 1.29 is 14.3 Å². The van der Waals surface area contributed by atoms with E-state index >= 15 is 0 Å². The first-order valence-electron chi connectivity index (χ1n) is 7.84. The predicted molar refractivity (Wildman–Crippen MR) is 106 cm³/mol. The summed E-state index contributed by atoms with van der Waals surface area (Å²) in [5.41, 5.74) is 3.68. The first-order chi connectivity index (χ1) is 13.1. The first kappa shape index (κ1) is 17.8. The summed E-state index contributed by atoms with van der Waals surface area (Å²) < 4.78 is 8.12. The minimum Gasteiger partial charge on any atom is -0.468 e. The number of nitrogens with zero attached hydrogens (tertiary/aromatic N) is 3. The lowest BCUT2D eigenvalue weighted by molar-refractivity contribution is -0.141. The third-order valence-corrected chi connectivity index (χ3v) is 6.08. The van der Waals surface area contributed by atoms with E-state index in [0.29, 0.717) is 20.9 Å². The van der Waals surface area contributed by atoms with Gasteiger partial charge in [-0.2, -0.15) is 4.99 Å². The molecule has 0 aliphatic carbocycles. The fourth-order valence-electron chi connectivity index (χ4n) is 2.65. The maximum absolute atomic E-state index is 12.7. The van der Waals surface area contributed by atoms with Crippen molar-refractivity contribution in [2.75, 3.05) is 7.11 Å². The van der Waals surface area contributed by atoms with Gasteiger partial charge in [0.25, 0.3) is 5.91 Å². The molecule has 0 atom stereocenters. The highest BCUT2D eigenvalue weighted by Crippen LogP contribution is 2.25. The second-order valence-electron chi connectivity index (χ2n) is 5.59. The van der Waals surface area contributed by atoms with E-state index < -0.39 is 11.9 Å². The predicted octanol–water partition coefficient (Wildman–Crippen LogP) is 3.88. The molecule has 4 aromatic rings. The largest absolute Gasteiger partial charge is 0.468 e. The Labute approximate surface area is 166 Å². The van der Waals surface area contributed by atoms with Crippen molar-refractivity contribution in [2.24, 2.45) is 4.99 Å². The topological polar surface area (TPSA) is 73.6 Å². The van der Waals surface area contributed by atoms with Crippen LogP contribution in [0, 0.1) is 0 Å². The maximum Gasteiger partial charge on any atom is 0.325 e. The molecule has 0 unspecified atom stereocenters. The Morgan fingerprint density at radius 1 is 1.26 bits per heavy atom. The Kier molecular flexibility index (Phi) is 4.77. The molecule has 0 bridgehead atoms. The Bertz CT molecular complexity index is 1260. The number of fused-ring (bicyclic) bond motifs is 2. The number of para-hydroxylation sites is 1. The van der Waals surface area contributed by atoms with Gasteiger partial charge in [-0.05, 0) is 30.3 Å². The number of ether oxygens (including phenoxy) is 1. The van der Waals surface area contributed by atoms with Crippen LogP contribution in [0.4, 0.5) is 0 Å². The number of carbonyl (C=O) groups is 2. The highest BCUT2D eigenvalue weighted by molar-refractivity contribution is 7.17. The van der Waals surface area contributed by atoms with Gasteiger partial charge in [0, 0.05) is 5.56 Å². The third-order valence-electron chi connectivity index (χ3n) is 3.94. The van der Waals surface area contributed by atoms with E-state index in [0.717, 1.165) is 14.9 Å². The van der Waals surface area contributed by atoms with Crippen molar-refractivity contribution in [1.82, 2.24) is 9.55 Å². The van der Waals surface area contributed by atoms with E-state index in [1.807, 2.05) is 12.1 Å². The molecule has 0 fully saturated rings. The molecule has 0 saturated carbocycles. The summed E-state index contributed by atoms with van der Waals surface area (Å²) in [4.78, 5) is 33.4. The summed E-state index contributed by atoms with van der Waals surface area (Å²) >= 11 is 9.06. The lowest BCUT2D eigenvalue weighted by atomic mass is 10.2. The number of carbonyl (C=O) groups excluding carboxylic acids is 2. The molecule has 4 rings (SSSR count). The van der Waals surface area contributed by atoms with Crippen LogP contribution in [0.1, 0.15) is 10.4 Å². The van der Waals surface area contributed by atoms with Crippen LogP contribution in [0.5, 0.6) is 0 Å². The van der Waals surface area contributed by atoms with Gasteiger partial charge in [0.1, 0.15) is 6.54 Å². The van der Waals surface area contributed by atoms with E-state index in [4.69, 9.17) is 16.3 Å². The molecule has 6 nitrogen and oxygen atoms in total. The molecule has 27 heavy (non-hydrogen) atoms. The van der Waals surface area contributed by atoms with Gasteiger partial charge in [0.15, 0.2) is 4.80 Å². The van der Waals surface area contributed by atoms with Crippen molar-refractivity contribution in [3.63, 3.8) is 0 Å². The lowest BCUT2D eigenvalue weighted by Gasteiger charge is -2.04. The minimum absolute atomic E-state index is 0.0831. The number of hydrogen-bond acceptors (Lipinski definition) is 6. The molecule has 2 aromatic carbocycles. The number of amides is 1. The Morgan fingerprint density at radius 3 is 2.93 bits per heavy atom. The molecular formula is C18H12ClN3O3S2. The quantitative estimate of drug-likeness (QED) is 0.474. The van der Waals surface area contributed by atoms with E-state index in [1.165, 1.54) is 29.8 Å². The van der Waals surface area contributed by atoms with E-state index in [9.17, 15) is 9.59 Å². The molecule has 2 aromatic heterocycles. The van der Waals surface area contributed by atoms with Gasteiger partial charge in [-0.25, -0.2) is 4.98 Å². The number of aromatic nitrogens is 2. The number of benzene rings is 2. The van der Waals surface area contributed by atoms with Crippen molar-refractivity contribution in [2.45, 2.75) is 6.54 Å². The number of hydrogen-bond donors (Lipinski definition) is 0. The fraction of sp³-hybridized carbons (Fsp3) is 0.111. The number of halogens is 1. The fourth-order valence-corrected chi connectivity index (χ4v) is 4.76. The zero-order valence-corrected chi connectivity index (χ0v) is 16.4. The van der Waals surface area contributed by atoms with Crippen LogP contribution in [0.3, 0.4) is 0 Å². The Hall–Kier alpha value is -2.55. The summed E-state index contributed by atoms with van der Waals surface area (Å²) in [5, 5.41) is 0.479. The van der Waals surface area contributed by atoms with E-state index in [2.05, 4.69) is 9.98 Å². The van der Waals surface area contributed by atoms with Crippen LogP contribution in [-0.2, 0) is 16.1 Å². The van der Waals surface area contributed by atoms with E-state index in [1.54, 1.807) is 34.3 Å². The van der Waals surface area contributed by atoms with Crippen LogP contribution >= 0.6 is 34.3 Å². The molecule has 1 amide bonds. The SMILES string of the molecule is COC(=O)Cn1c(=NC(=O)c2ccc3ncsc3c2)sc2cccc(Cl)c21. The Balaban J connectivity index is 1.86. The summed E-state index contributed by atoms with van der Waals surface area (Å²) in [6.45, 7) is -0.0831. The zero-order valence-electron chi connectivity index (χ0n) is 14.0. The number of methoxy groups -OCH3 is 1. The second kappa shape index (κ2) is 7.22. The molecule has 0 saturated heterocycles. The number of rotatable bonds is 3. The smallest absolute Gasteiger partial charge is 0.325 e. The van der Waals surface area contributed by atoms with Gasteiger partial charge in [-0.15, -0.1) is 11.3 Å². The monoisotopic (exact) mass is 417 g/mol. The van der Waals surface area contributed by atoms with Gasteiger partial charge in [-0.3, -0.25) is 9.59 Å². The van der Waals surface area contributed by atoms with Gasteiger partial charge >= 0.3 is 5.97 Å². The van der Waals surface area contributed by atoms with Crippen LogP contribution in [0.15, 0.2) is 46.9 Å². The highest BCUT2D eigenvalue weighted by Gasteiger charge is 2.15. The average Bonchev–Trinajstić information content (AvgIpc) is 3.26. The van der Waals surface area contributed by atoms with Gasteiger partial charge < -0.3 is 9.30 Å². The number of esters is 1. The van der Waals surface area contributed by atoms with E-state index in [-0.39, 0.29) is 6.54 Å². The summed E-state index contributed by atoms with van der Waals surface area (Å²) in [5.74, 6) is -0.846. The molecular weight excluding hydrogens is 406 g/mol. The van der Waals surface area contributed by atoms with Crippen molar-refractivity contribution in [3.8, 4) is 0 Å². The molecule has 136 valence electrons. The normalized spacial score (nSPS) is 12.0. The van der Waals surface area contributed by atoms with Gasteiger partial charge in [0.05, 0.1) is 38.1 Å². The van der Waals surface area contributed by atoms with Crippen molar-refractivity contribution in [3.05, 3.63) is 57.3 Å². The number of thiazole rings is 2. The summed E-state index contributed by atoms with van der Waals surface area (Å²) in [6, 6.07) is 10.7. The van der Waals surface area contributed by atoms with Gasteiger partial charge in [-0.1, -0.05) is 29.0 Å². The molecule has 2 heterocycles. The van der Waals surface area contributed by atoms with Crippen LogP contribution in [-0.4, -0.2) is 28.5 Å². The molecule has 9 heteroatoms. The average molecular weight is 418 g/mol. The zero-order chi connectivity index (χ0) is 19.0. The standard InChI is InChI=1S/C18H12ClN3O3S2/c1-25-15(23)8-22-16-11(19)3-2-4-13(16)27-18(22)21-17(24)10-5-6-12-14(7-10)26-9-20-12/h2-7,9H,8H2,1H3. The van der Waals surface area contributed by atoms with Crippen LogP contribution < -0.4 is 4.80 Å². The maximum atomic E-state index is 12.7. The second-order valence-corrected chi connectivity index (χ2v) is 7.89. The van der Waals surface area contributed by atoms with Crippen LogP contribution in [0.2, 0.25) is 5.02 Å². The summed E-state index contributed by atoms with van der Waals surface area (Å²) in [7, 11) is 1.31. The Morgan fingerprint density at radius 2 is 2.11 bits per heavy atom.